The Labute approximate surface area is 185 Å². The Morgan fingerprint density at radius 3 is 2.39 bits per heavy atom. The number of ether oxygens (including phenoxy) is 2. The van der Waals surface area contributed by atoms with Crippen molar-refractivity contribution in [1.82, 2.24) is 5.32 Å². The Morgan fingerprint density at radius 1 is 1.16 bits per heavy atom. The Hall–Kier alpha value is -2.02. The molecule has 0 aromatic heterocycles. The van der Waals surface area contributed by atoms with Gasteiger partial charge >= 0.3 is 6.09 Å². The molecule has 1 heterocycles. The molecular formula is C24H38FN3O3. The Kier molecular flexibility index (Phi) is 7.68. The van der Waals surface area contributed by atoms with E-state index in [2.05, 4.69) is 15.5 Å². The zero-order valence-electron chi connectivity index (χ0n) is 19.5. The van der Waals surface area contributed by atoms with Crippen LogP contribution in [0.4, 0.5) is 20.6 Å². The van der Waals surface area contributed by atoms with Crippen LogP contribution < -0.4 is 15.5 Å². The molecule has 1 aliphatic carbocycles. The molecule has 0 radical (unpaired) electrons. The topological polar surface area (TPSA) is 62.8 Å². The van der Waals surface area contributed by atoms with E-state index >= 15 is 0 Å². The van der Waals surface area contributed by atoms with Gasteiger partial charge in [0.15, 0.2) is 0 Å². The number of amides is 1. The maximum atomic E-state index is 14.7. The SMILES string of the molecule is CC1CN(c2ccc(NCC3CCC(NC(=O)OC(C)(C)C)CC3)c(F)c2)CC(C)O1. The van der Waals surface area contributed by atoms with Gasteiger partial charge in [-0.15, -0.1) is 0 Å². The highest BCUT2D eigenvalue weighted by Crippen LogP contribution is 2.28. The van der Waals surface area contributed by atoms with Crippen molar-refractivity contribution in [3.63, 3.8) is 0 Å². The first-order valence-corrected chi connectivity index (χ1v) is 11.5. The van der Waals surface area contributed by atoms with Crippen LogP contribution >= 0.6 is 0 Å². The number of halogens is 1. The van der Waals surface area contributed by atoms with Gasteiger partial charge in [-0.3, -0.25) is 0 Å². The van der Waals surface area contributed by atoms with Gasteiger partial charge in [0.1, 0.15) is 11.4 Å². The van der Waals surface area contributed by atoms with Gasteiger partial charge in [-0.25, -0.2) is 9.18 Å². The number of hydrogen-bond donors (Lipinski definition) is 2. The first kappa shape index (κ1) is 23.6. The van der Waals surface area contributed by atoms with Crippen LogP contribution in [-0.4, -0.2) is 49.6 Å². The second-order valence-electron chi connectivity index (χ2n) is 10.1. The van der Waals surface area contributed by atoms with E-state index in [0.29, 0.717) is 11.6 Å². The molecule has 1 amide bonds. The van der Waals surface area contributed by atoms with E-state index in [0.717, 1.165) is 51.0 Å². The second-order valence-corrected chi connectivity index (χ2v) is 10.1. The third-order valence-electron chi connectivity index (χ3n) is 5.89. The summed E-state index contributed by atoms with van der Waals surface area (Å²) in [5.74, 6) is 0.251. The van der Waals surface area contributed by atoms with Crippen LogP contribution in [0.15, 0.2) is 18.2 Å². The Morgan fingerprint density at radius 2 is 1.81 bits per heavy atom. The molecule has 1 aromatic carbocycles. The molecule has 6 nitrogen and oxygen atoms in total. The van der Waals surface area contributed by atoms with Crippen LogP contribution in [0.1, 0.15) is 60.3 Å². The highest BCUT2D eigenvalue weighted by Gasteiger charge is 2.25. The molecule has 2 aliphatic rings. The number of carbonyl (C=O) groups excluding carboxylic acids is 1. The van der Waals surface area contributed by atoms with Gasteiger partial charge in [-0.2, -0.15) is 0 Å². The summed E-state index contributed by atoms with van der Waals surface area (Å²) in [6.45, 7) is 12.0. The number of rotatable bonds is 5. The molecule has 2 N–H and O–H groups in total. The first-order valence-electron chi connectivity index (χ1n) is 11.5. The lowest BCUT2D eigenvalue weighted by molar-refractivity contribution is -0.00523. The molecule has 7 heteroatoms. The molecule has 174 valence electrons. The number of alkyl carbamates (subject to hydrolysis) is 1. The van der Waals surface area contributed by atoms with Gasteiger partial charge < -0.3 is 25.0 Å². The number of carbonyl (C=O) groups is 1. The van der Waals surface area contributed by atoms with Crippen molar-refractivity contribution in [2.24, 2.45) is 5.92 Å². The van der Waals surface area contributed by atoms with Gasteiger partial charge in [0, 0.05) is 31.4 Å². The molecular weight excluding hydrogens is 397 g/mol. The first-order chi connectivity index (χ1) is 14.6. The average molecular weight is 436 g/mol. The number of morpholine rings is 1. The zero-order chi connectivity index (χ0) is 22.6. The summed E-state index contributed by atoms with van der Waals surface area (Å²) in [4.78, 5) is 14.1. The molecule has 1 aliphatic heterocycles. The molecule has 0 spiro atoms. The van der Waals surface area contributed by atoms with E-state index in [1.807, 2.05) is 46.8 Å². The van der Waals surface area contributed by atoms with Crippen LogP contribution in [0.5, 0.6) is 0 Å². The predicted molar refractivity (Wildman–Crippen MR) is 122 cm³/mol. The molecule has 2 fully saturated rings. The smallest absolute Gasteiger partial charge is 0.407 e. The summed E-state index contributed by atoms with van der Waals surface area (Å²) in [6, 6.07) is 5.60. The van der Waals surface area contributed by atoms with Gasteiger partial charge in [0.2, 0.25) is 0 Å². The Bertz CT molecular complexity index is 734. The van der Waals surface area contributed by atoms with Crippen molar-refractivity contribution in [3.8, 4) is 0 Å². The zero-order valence-corrected chi connectivity index (χ0v) is 19.5. The van der Waals surface area contributed by atoms with E-state index in [4.69, 9.17) is 9.47 Å². The van der Waals surface area contributed by atoms with Gasteiger partial charge in [-0.05, 0) is 84.4 Å². The van der Waals surface area contributed by atoms with Crippen LogP contribution in [0.2, 0.25) is 0 Å². The van der Waals surface area contributed by atoms with Crippen molar-refractivity contribution in [3.05, 3.63) is 24.0 Å². The average Bonchev–Trinajstić information content (AvgIpc) is 2.66. The summed E-state index contributed by atoms with van der Waals surface area (Å²) in [5.41, 5.74) is 0.967. The van der Waals surface area contributed by atoms with Crippen LogP contribution in [0.25, 0.3) is 0 Å². The van der Waals surface area contributed by atoms with Crippen molar-refractivity contribution in [2.45, 2.75) is 84.2 Å². The van der Waals surface area contributed by atoms with Crippen molar-refractivity contribution < 1.29 is 18.7 Å². The normalized spacial score (nSPS) is 27.0. The minimum Gasteiger partial charge on any atom is -0.444 e. The minimum absolute atomic E-state index is 0.143. The molecule has 1 saturated carbocycles. The van der Waals surface area contributed by atoms with Crippen LogP contribution in [0, 0.1) is 11.7 Å². The number of anilines is 2. The van der Waals surface area contributed by atoms with Crippen molar-refractivity contribution >= 4 is 17.5 Å². The molecule has 3 rings (SSSR count). The molecule has 1 saturated heterocycles. The lowest BCUT2D eigenvalue weighted by Gasteiger charge is -2.37. The molecule has 2 atom stereocenters. The van der Waals surface area contributed by atoms with E-state index < -0.39 is 5.60 Å². The third kappa shape index (κ3) is 7.27. The number of hydrogen-bond acceptors (Lipinski definition) is 5. The summed E-state index contributed by atoms with van der Waals surface area (Å²) in [7, 11) is 0. The lowest BCUT2D eigenvalue weighted by Crippen LogP contribution is -2.45. The fraction of sp³-hybridized carbons (Fsp3) is 0.708. The third-order valence-corrected chi connectivity index (χ3v) is 5.89. The maximum Gasteiger partial charge on any atom is 0.407 e. The fourth-order valence-corrected chi connectivity index (χ4v) is 4.47. The van der Waals surface area contributed by atoms with Crippen molar-refractivity contribution in [1.29, 1.82) is 0 Å². The summed E-state index contributed by atoms with van der Waals surface area (Å²) in [6.07, 6.45) is 3.77. The van der Waals surface area contributed by atoms with Crippen molar-refractivity contribution in [2.75, 3.05) is 29.9 Å². The summed E-state index contributed by atoms with van der Waals surface area (Å²) in [5, 5.41) is 6.25. The van der Waals surface area contributed by atoms with Crippen LogP contribution in [0.3, 0.4) is 0 Å². The molecule has 31 heavy (non-hydrogen) atoms. The predicted octanol–water partition coefficient (Wildman–Crippen LogP) is 4.93. The largest absolute Gasteiger partial charge is 0.444 e. The monoisotopic (exact) mass is 435 g/mol. The number of benzene rings is 1. The summed E-state index contributed by atoms with van der Waals surface area (Å²) >= 11 is 0. The van der Waals surface area contributed by atoms with E-state index in [9.17, 15) is 9.18 Å². The Balaban J connectivity index is 1.44. The van der Waals surface area contributed by atoms with Gasteiger partial charge in [-0.1, -0.05) is 0 Å². The number of nitrogens with zero attached hydrogens (tertiary/aromatic N) is 1. The van der Waals surface area contributed by atoms with Crippen LogP contribution in [-0.2, 0) is 9.47 Å². The van der Waals surface area contributed by atoms with Gasteiger partial charge in [0.25, 0.3) is 0 Å². The highest BCUT2D eigenvalue weighted by atomic mass is 19.1. The molecule has 1 aromatic rings. The minimum atomic E-state index is -0.483. The van der Waals surface area contributed by atoms with Gasteiger partial charge in [0.05, 0.1) is 17.9 Å². The second kappa shape index (κ2) is 10.1. The molecule has 2 unspecified atom stereocenters. The number of nitrogens with one attached hydrogen (secondary N) is 2. The molecule has 0 bridgehead atoms. The quantitative estimate of drug-likeness (QED) is 0.686. The lowest BCUT2D eigenvalue weighted by atomic mass is 9.86. The fourth-order valence-electron chi connectivity index (χ4n) is 4.47. The van der Waals surface area contributed by atoms with E-state index in [1.165, 1.54) is 0 Å². The standard InChI is InChI=1S/C24H38FN3O3/c1-16-14-28(15-17(2)30-16)20-10-11-22(21(25)12-20)26-13-18-6-8-19(9-7-18)27-23(29)31-24(3,4)5/h10-12,16-19,26H,6-9,13-15H2,1-5H3,(H,27,29). The highest BCUT2D eigenvalue weighted by molar-refractivity contribution is 5.68. The maximum absolute atomic E-state index is 14.7. The van der Waals surface area contributed by atoms with E-state index in [-0.39, 0.29) is 30.2 Å². The van der Waals surface area contributed by atoms with E-state index in [1.54, 1.807) is 6.07 Å². The summed E-state index contributed by atoms with van der Waals surface area (Å²) < 4.78 is 25.8.